The van der Waals surface area contributed by atoms with Gasteiger partial charge < -0.3 is 5.32 Å². The summed E-state index contributed by atoms with van der Waals surface area (Å²) in [5.41, 5.74) is 1.06. The normalized spacial score (nSPS) is 21.9. The topological polar surface area (TPSA) is 76.1 Å². The average Bonchev–Trinajstić information content (AvgIpc) is 2.32. The molecule has 1 unspecified atom stereocenters. The van der Waals surface area contributed by atoms with E-state index in [0.717, 1.165) is 6.42 Å². The molecule has 1 atom stereocenters. The minimum absolute atomic E-state index is 0.0862. The number of hydrogen-bond acceptors (Lipinski definition) is 4. The summed E-state index contributed by atoms with van der Waals surface area (Å²) in [4.78, 5) is 16.1. The highest BCUT2D eigenvalue weighted by molar-refractivity contribution is 7.92. The van der Waals surface area contributed by atoms with Crippen LogP contribution in [0.25, 0.3) is 0 Å². The van der Waals surface area contributed by atoms with Gasteiger partial charge in [0.25, 0.3) is 0 Å². The van der Waals surface area contributed by atoms with Crippen molar-refractivity contribution in [3.8, 4) is 0 Å². The van der Waals surface area contributed by atoms with Crippen LogP contribution in [-0.2, 0) is 14.6 Å². The van der Waals surface area contributed by atoms with E-state index < -0.39 is 21.0 Å². The number of pyridine rings is 1. The molecule has 1 aliphatic heterocycles. The fourth-order valence-corrected chi connectivity index (χ4v) is 4.12. The quantitative estimate of drug-likeness (QED) is 0.847. The van der Waals surface area contributed by atoms with Gasteiger partial charge in [-0.3, -0.25) is 4.79 Å². The predicted molar refractivity (Wildman–Crippen MR) is 74.0 cm³/mol. The van der Waals surface area contributed by atoms with E-state index in [9.17, 15) is 13.2 Å². The molecule has 1 saturated heterocycles. The van der Waals surface area contributed by atoms with Crippen molar-refractivity contribution in [3.63, 3.8) is 0 Å². The van der Waals surface area contributed by atoms with Crippen LogP contribution in [0.4, 0.5) is 5.69 Å². The van der Waals surface area contributed by atoms with Crippen LogP contribution in [-0.4, -0.2) is 30.3 Å². The number of aryl methyl sites for hydroxylation is 1. The smallest absolute Gasteiger partial charge is 0.242 e. The van der Waals surface area contributed by atoms with E-state index in [4.69, 9.17) is 11.6 Å². The van der Waals surface area contributed by atoms with Gasteiger partial charge in [-0.15, -0.1) is 0 Å². The Morgan fingerprint density at radius 3 is 2.79 bits per heavy atom. The molecule has 19 heavy (non-hydrogen) atoms. The summed E-state index contributed by atoms with van der Waals surface area (Å²) >= 11 is 5.73. The third kappa shape index (κ3) is 3.25. The van der Waals surface area contributed by atoms with Crippen LogP contribution in [0.15, 0.2) is 12.1 Å². The molecule has 1 aliphatic rings. The van der Waals surface area contributed by atoms with Gasteiger partial charge in [0.1, 0.15) is 10.4 Å². The first-order chi connectivity index (χ1) is 8.90. The molecule has 1 N–H and O–H groups in total. The number of sulfone groups is 1. The lowest BCUT2D eigenvalue weighted by molar-refractivity contribution is -0.116. The van der Waals surface area contributed by atoms with Crippen molar-refractivity contribution >= 4 is 33.0 Å². The lowest BCUT2D eigenvalue weighted by atomic mass is 10.2. The van der Waals surface area contributed by atoms with E-state index in [1.165, 1.54) is 0 Å². The average molecular weight is 303 g/mol. The molecule has 5 nitrogen and oxygen atoms in total. The van der Waals surface area contributed by atoms with Gasteiger partial charge in [0.2, 0.25) is 5.91 Å². The highest BCUT2D eigenvalue weighted by atomic mass is 35.5. The first-order valence-corrected chi connectivity index (χ1v) is 8.15. The first kappa shape index (κ1) is 14.3. The molecule has 7 heteroatoms. The zero-order valence-electron chi connectivity index (χ0n) is 10.5. The van der Waals surface area contributed by atoms with E-state index in [1.54, 1.807) is 19.1 Å². The van der Waals surface area contributed by atoms with Crippen molar-refractivity contribution in [1.29, 1.82) is 0 Å². The summed E-state index contributed by atoms with van der Waals surface area (Å²) < 4.78 is 23.7. The molecular weight excluding hydrogens is 288 g/mol. The maximum atomic E-state index is 12.1. The number of rotatable bonds is 2. The van der Waals surface area contributed by atoms with Crippen LogP contribution in [0.5, 0.6) is 0 Å². The van der Waals surface area contributed by atoms with Crippen LogP contribution in [0.3, 0.4) is 0 Å². The zero-order chi connectivity index (χ0) is 14.0. The van der Waals surface area contributed by atoms with E-state index in [2.05, 4.69) is 10.3 Å². The molecule has 1 aromatic rings. The van der Waals surface area contributed by atoms with E-state index >= 15 is 0 Å². The Morgan fingerprint density at radius 1 is 1.42 bits per heavy atom. The largest absolute Gasteiger partial charge is 0.323 e. The van der Waals surface area contributed by atoms with Gasteiger partial charge in [-0.05, 0) is 31.9 Å². The van der Waals surface area contributed by atoms with Crippen molar-refractivity contribution in [2.24, 2.45) is 0 Å². The van der Waals surface area contributed by atoms with Gasteiger partial charge in [0.15, 0.2) is 9.84 Å². The van der Waals surface area contributed by atoms with Crippen LogP contribution in [0, 0.1) is 6.92 Å². The van der Waals surface area contributed by atoms with Crippen LogP contribution >= 0.6 is 11.6 Å². The Bertz CT molecular complexity index is 601. The Labute approximate surface area is 117 Å². The number of halogens is 1. The van der Waals surface area contributed by atoms with Crippen molar-refractivity contribution in [1.82, 2.24) is 4.98 Å². The number of carbonyl (C=O) groups is 1. The molecular formula is C12H15ClN2O3S. The van der Waals surface area contributed by atoms with Gasteiger partial charge in [0.05, 0.1) is 17.1 Å². The van der Waals surface area contributed by atoms with E-state index in [-0.39, 0.29) is 5.75 Å². The monoisotopic (exact) mass is 302 g/mol. The molecule has 0 spiro atoms. The van der Waals surface area contributed by atoms with Crippen LogP contribution in [0.2, 0.25) is 5.15 Å². The fourth-order valence-electron chi connectivity index (χ4n) is 2.12. The van der Waals surface area contributed by atoms with Crippen molar-refractivity contribution in [3.05, 3.63) is 23.0 Å². The Morgan fingerprint density at radius 2 is 2.16 bits per heavy atom. The molecule has 0 bridgehead atoms. The Hall–Kier alpha value is -1.14. The molecule has 1 amide bonds. The van der Waals surface area contributed by atoms with Gasteiger partial charge in [-0.1, -0.05) is 18.0 Å². The summed E-state index contributed by atoms with van der Waals surface area (Å²) in [5.74, 6) is -0.393. The van der Waals surface area contributed by atoms with Crippen molar-refractivity contribution in [2.75, 3.05) is 11.1 Å². The highest BCUT2D eigenvalue weighted by Gasteiger charge is 2.34. The third-order valence-corrected chi connectivity index (χ3v) is 5.57. The number of carbonyl (C=O) groups excluding carboxylic acids is 1. The molecule has 0 aromatic carbocycles. The summed E-state index contributed by atoms with van der Waals surface area (Å²) in [6, 6.07) is 3.18. The number of nitrogens with zero attached hydrogens (tertiary/aromatic N) is 1. The minimum atomic E-state index is -3.32. The summed E-state index contributed by atoms with van der Waals surface area (Å²) in [7, 11) is -3.32. The summed E-state index contributed by atoms with van der Waals surface area (Å²) in [6.45, 7) is 1.71. The molecule has 2 rings (SSSR count). The second-order valence-corrected chi connectivity index (χ2v) is 7.30. The highest BCUT2D eigenvalue weighted by Crippen LogP contribution is 2.22. The summed E-state index contributed by atoms with van der Waals surface area (Å²) in [5, 5.41) is 2.01. The van der Waals surface area contributed by atoms with Crippen LogP contribution in [0.1, 0.15) is 25.0 Å². The second kappa shape index (κ2) is 5.46. The number of nitrogens with one attached hydrogen (secondary N) is 1. The van der Waals surface area contributed by atoms with Gasteiger partial charge in [-0.2, -0.15) is 0 Å². The molecule has 104 valence electrons. The maximum absolute atomic E-state index is 12.1. The van der Waals surface area contributed by atoms with Gasteiger partial charge >= 0.3 is 0 Å². The second-order valence-electron chi connectivity index (χ2n) is 4.61. The van der Waals surface area contributed by atoms with Crippen LogP contribution < -0.4 is 5.32 Å². The maximum Gasteiger partial charge on any atom is 0.242 e. The SMILES string of the molecule is Cc1nc(Cl)ccc1NC(=O)C1CCCCS1(=O)=O. The van der Waals surface area contributed by atoms with Gasteiger partial charge in [0, 0.05) is 0 Å². The van der Waals surface area contributed by atoms with E-state index in [1.807, 2.05) is 0 Å². The third-order valence-electron chi connectivity index (χ3n) is 3.18. The van der Waals surface area contributed by atoms with Gasteiger partial charge in [-0.25, -0.2) is 13.4 Å². The lowest BCUT2D eigenvalue weighted by Gasteiger charge is -2.21. The Balaban J connectivity index is 2.17. The zero-order valence-corrected chi connectivity index (χ0v) is 12.1. The molecule has 1 aromatic heterocycles. The summed E-state index contributed by atoms with van der Waals surface area (Å²) in [6.07, 6.45) is 1.77. The number of anilines is 1. The van der Waals surface area contributed by atoms with Crippen molar-refractivity contribution in [2.45, 2.75) is 31.4 Å². The molecule has 0 saturated carbocycles. The number of hydrogen-bond donors (Lipinski definition) is 1. The molecule has 2 heterocycles. The first-order valence-electron chi connectivity index (χ1n) is 6.06. The Kier molecular flexibility index (Phi) is 4.10. The van der Waals surface area contributed by atoms with E-state index in [0.29, 0.717) is 29.4 Å². The molecule has 1 fully saturated rings. The fraction of sp³-hybridized carbons (Fsp3) is 0.500. The molecule has 0 radical (unpaired) electrons. The minimum Gasteiger partial charge on any atom is -0.323 e. The molecule has 0 aliphatic carbocycles. The number of aromatic nitrogens is 1. The standard InChI is InChI=1S/C12H15ClN2O3S/c1-8-9(5-6-11(13)14-8)15-12(16)10-4-2-3-7-19(10,17)18/h5-6,10H,2-4,7H2,1H3,(H,15,16). The van der Waals surface area contributed by atoms with Crippen molar-refractivity contribution < 1.29 is 13.2 Å². The predicted octanol–water partition coefficient (Wildman–Crippen LogP) is 1.95. The number of amides is 1. The lowest BCUT2D eigenvalue weighted by Crippen LogP contribution is -2.39.